The van der Waals surface area contributed by atoms with E-state index in [-0.39, 0.29) is 17.9 Å². The first-order valence-corrected chi connectivity index (χ1v) is 8.36. The zero-order chi connectivity index (χ0) is 21.4. The molecule has 0 aliphatic carbocycles. The highest BCUT2D eigenvalue weighted by Crippen LogP contribution is 2.33. The van der Waals surface area contributed by atoms with Crippen LogP contribution in [0.5, 0.6) is 5.75 Å². The smallest absolute Gasteiger partial charge is 0.416 e. The van der Waals surface area contributed by atoms with Gasteiger partial charge in [-0.15, -0.1) is 0 Å². The molecular weight excluding hydrogens is 399 g/mol. The van der Waals surface area contributed by atoms with Crippen molar-refractivity contribution in [3.05, 3.63) is 65.2 Å². The number of amides is 3. The molecule has 5 nitrogen and oxygen atoms in total. The first kappa shape index (κ1) is 20.6. The minimum atomic E-state index is -4.55. The average Bonchev–Trinajstić information content (AvgIpc) is 2.85. The number of halogens is 5. The van der Waals surface area contributed by atoms with Gasteiger partial charge in [0.2, 0.25) is 0 Å². The fourth-order valence-electron chi connectivity index (χ4n) is 3.03. The third-order valence-electron chi connectivity index (χ3n) is 4.53. The van der Waals surface area contributed by atoms with Gasteiger partial charge in [-0.25, -0.2) is 4.79 Å². The molecule has 3 amide bonds. The molecule has 3 rings (SSSR count). The summed E-state index contributed by atoms with van der Waals surface area (Å²) in [4.78, 5) is 26.0. The van der Waals surface area contributed by atoms with Gasteiger partial charge in [0.25, 0.3) is 5.91 Å². The van der Waals surface area contributed by atoms with Gasteiger partial charge in [0.1, 0.15) is 11.3 Å². The highest BCUT2D eigenvalue weighted by atomic mass is 19.4. The van der Waals surface area contributed by atoms with E-state index < -0.39 is 35.8 Å². The number of nitrogens with one attached hydrogen (secondary N) is 1. The predicted molar refractivity (Wildman–Crippen MR) is 91.0 cm³/mol. The van der Waals surface area contributed by atoms with E-state index in [1.165, 1.54) is 43.3 Å². The summed E-state index contributed by atoms with van der Waals surface area (Å²) in [6, 6.07) is 8.70. The number of rotatable bonds is 5. The molecule has 1 aliphatic rings. The molecule has 1 saturated heterocycles. The zero-order valence-electron chi connectivity index (χ0n) is 15.0. The summed E-state index contributed by atoms with van der Waals surface area (Å²) in [6.45, 7) is -1.94. The van der Waals surface area contributed by atoms with Crippen LogP contribution in [-0.4, -0.2) is 23.4 Å². The average molecular weight is 414 g/mol. The van der Waals surface area contributed by atoms with Crippen molar-refractivity contribution in [1.29, 1.82) is 0 Å². The summed E-state index contributed by atoms with van der Waals surface area (Å²) >= 11 is 0. The summed E-state index contributed by atoms with van der Waals surface area (Å²) in [5, 5.41) is 2.50. The number of urea groups is 1. The van der Waals surface area contributed by atoms with Gasteiger partial charge in [0.15, 0.2) is 0 Å². The maximum absolute atomic E-state index is 12.9. The van der Waals surface area contributed by atoms with Crippen LogP contribution in [0.4, 0.5) is 26.7 Å². The highest BCUT2D eigenvalue weighted by molar-refractivity contribution is 6.07. The van der Waals surface area contributed by atoms with Gasteiger partial charge >= 0.3 is 18.8 Å². The molecule has 0 radical (unpaired) electrons. The lowest BCUT2D eigenvalue weighted by Crippen LogP contribution is -2.40. The monoisotopic (exact) mass is 414 g/mol. The molecule has 2 aromatic rings. The van der Waals surface area contributed by atoms with Gasteiger partial charge in [-0.05, 0) is 42.3 Å². The molecule has 10 heteroatoms. The Morgan fingerprint density at radius 1 is 1.10 bits per heavy atom. The Kier molecular flexibility index (Phi) is 5.20. The lowest BCUT2D eigenvalue weighted by Gasteiger charge is -2.22. The van der Waals surface area contributed by atoms with Crippen molar-refractivity contribution >= 4 is 11.9 Å². The minimum Gasteiger partial charge on any atom is -0.435 e. The van der Waals surface area contributed by atoms with Crippen LogP contribution in [0.1, 0.15) is 23.6 Å². The van der Waals surface area contributed by atoms with Crippen LogP contribution < -0.4 is 10.1 Å². The first-order chi connectivity index (χ1) is 13.5. The van der Waals surface area contributed by atoms with E-state index in [1.807, 2.05) is 0 Å². The Balaban J connectivity index is 1.82. The lowest BCUT2D eigenvalue weighted by molar-refractivity contribution is -0.137. The normalized spacial score (nSPS) is 19.6. The Morgan fingerprint density at radius 3 is 2.34 bits per heavy atom. The van der Waals surface area contributed by atoms with E-state index in [1.54, 1.807) is 0 Å². The molecule has 154 valence electrons. The summed E-state index contributed by atoms with van der Waals surface area (Å²) < 4.78 is 67.4. The minimum absolute atomic E-state index is 0.120. The van der Waals surface area contributed by atoms with Crippen molar-refractivity contribution < 1.29 is 36.3 Å². The molecule has 2 aromatic carbocycles. The topological polar surface area (TPSA) is 58.6 Å². The van der Waals surface area contributed by atoms with Gasteiger partial charge < -0.3 is 10.1 Å². The predicted octanol–water partition coefficient (Wildman–Crippen LogP) is 4.27. The SMILES string of the molecule is CC1(c2ccc(OC(F)F)cc2)NC(=O)N(Cc2cccc(C(F)(F)F)c2)C1=O. The van der Waals surface area contributed by atoms with Crippen LogP contribution in [0, 0.1) is 0 Å². The van der Waals surface area contributed by atoms with Crippen LogP contribution in [0.2, 0.25) is 0 Å². The third kappa shape index (κ3) is 4.15. The van der Waals surface area contributed by atoms with Gasteiger partial charge in [-0.2, -0.15) is 22.0 Å². The fourth-order valence-corrected chi connectivity index (χ4v) is 3.03. The number of nitrogens with zero attached hydrogens (tertiary/aromatic N) is 1. The number of ether oxygens (including phenoxy) is 1. The number of benzene rings is 2. The van der Waals surface area contributed by atoms with Gasteiger partial charge in [-0.3, -0.25) is 9.69 Å². The van der Waals surface area contributed by atoms with Gasteiger partial charge in [0, 0.05) is 0 Å². The second kappa shape index (κ2) is 7.34. The van der Waals surface area contributed by atoms with E-state index in [2.05, 4.69) is 10.1 Å². The van der Waals surface area contributed by atoms with E-state index in [0.717, 1.165) is 17.0 Å². The second-order valence-corrected chi connectivity index (χ2v) is 6.55. The maximum atomic E-state index is 12.9. The zero-order valence-corrected chi connectivity index (χ0v) is 15.0. The van der Waals surface area contributed by atoms with Crippen molar-refractivity contribution in [1.82, 2.24) is 10.2 Å². The molecule has 1 N–H and O–H groups in total. The van der Waals surface area contributed by atoms with Crippen LogP contribution in [0.25, 0.3) is 0 Å². The van der Waals surface area contributed by atoms with Crippen LogP contribution in [0.15, 0.2) is 48.5 Å². The van der Waals surface area contributed by atoms with E-state index in [4.69, 9.17) is 0 Å². The molecule has 1 fully saturated rings. The van der Waals surface area contributed by atoms with Crippen LogP contribution >= 0.6 is 0 Å². The summed E-state index contributed by atoms with van der Waals surface area (Å²) in [5.41, 5.74) is -1.95. The number of hydrogen-bond donors (Lipinski definition) is 1. The largest absolute Gasteiger partial charge is 0.435 e. The number of carbonyl (C=O) groups is 2. The number of alkyl halides is 5. The molecule has 0 bridgehead atoms. The summed E-state index contributed by atoms with van der Waals surface area (Å²) in [7, 11) is 0. The Morgan fingerprint density at radius 2 is 1.76 bits per heavy atom. The number of carbonyl (C=O) groups excluding carboxylic acids is 2. The second-order valence-electron chi connectivity index (χ2n) is 6.55. The highest BCUT2D eigenvalue weighted by Gasteiger charge is 2.49. The number of hydrogen-bond acceptors (Lipinski definition) is 3. The summed E-state index contributed by atoms with van der Waals surface area (Å²) in [5.74, 6) is -0.799. The Bertz CT molecular complexity index is 930. The van der Waals surface area contributed by atoms with Crippen molar-refractivity contribution in [2.24, 2.45) is 0 Å². The van der Waals surface area contributed by atoms with Gasteiger partial charge in [0.05, 0.1) is 12.1 Å². The Hall–Kier alpha value is -3.17. The van der Waals surface area contributed by atoms with Crippen LogP contribution in [-0.2, 0) is 23.1 Å². The van der Waals surface area contributed by atoms with Gasteiger partial charge in [-0.1, -0.05) is 24.3 Å². The summed E-state index contributed by atoms with van der Waals surface area (Å²) in [6.07, 6.45) is -4.55. The van der Waals surface area contributed by atoms with Crippen molar-refractivity contribution in [2.75, 3.05) is 0 Å². The molecular formula is C19H15F5N2O3. The molecule has 29 heavy (non-hydrogen) atoms. The molecule has 1 heterocycles. The standard InChI is InChI=1S/C19H15F5N2O3/c1-18(12-5-7-14(8-6-12)29-16(20)21)15(27)26(17(28)25-18)10-11-3-2-4-13(9-11)19(22,23)24/h2-9,16H,10H2,1H3,(H,25,28). The fraction of sp³-hybridized carbons (Fsp3) is 0.263. The quantitative estimate of drug-likeness (QED) is 0.587. The molecule has 1 atom stereocenters. The molecule has 0 saturated carbocycles. The lowest BCUT2D eigenvalue weighted by atomic mass is 9.92. The maximum Gasteiger partial charge on any atom is 0.416 e. The van der Waals surface area contributed by atoms with Crippen molar-refractivity contribution in [3.8, 4) is 5.75 Å². The molecule has 0 aromatic heterocycles. The first-order valence-electron chi connectivity index (χ1n) is 8.36. The molecule has 0 spiro atoms. The number of imide groups is 1. The Labute approximate surface area is 162 Å². The molecule has 1 unspecified atom stereocenters. The third-order valence-corrected chi connectivity index (χ3v) is 4.53. The van der Waals surface area contributed by atoms with Crippen molar-refractivity contribution in [2.45, 2.75) is 31.8 Å². The van der Waals surface area contributed by atoms with E-state index in [9.17, 15) is 31.5 Å². The van der Waals surface area contributed by atoms with Crippen LogP contribution in [0.3, 0.4) is 0 Å². The van der Waals surface area contributed by atoms with Crippen molar-refractivity contribution in [3.63, 3.8) is 0 Å². The van der Waals surface area contributed by atoms with E-state index >= 15 is 0 Å². The van der Waals surface area contributed by atoms with E-state index in [0.29, 0.717) is 5.56 Å². The molecule has 1 aliphatic heterocycles.